The van der Waals surface area contributed by atoms with E-state index >= 15 is 0 Å². The van der Waals surface area contributed by atoms with Crippen molar-refractivity contribution in [3.63, 3.8) is 0 Å². The van der Waals surface area contributed by atoms with Gasteiger partial charge in [0.1, 0.15) is 11.6 Å². The fraction of sp³-hybridized carbons (Fsp3) is 0.0769. The molecule has 2 heterocycles. The van der Waals surface area contributed by atoms with Gasteiger partial charge in [-0.2, -0.15) is 0 Å². The number of nitrogens with zero attached hydrogens (tertiary/aromatic N) is 2. The number of hydrogen-bond donors (Lipinski definition) is 2. The van der Waals surface area contributed by atoms with Crippen LogP contribution in [0.4, 0.5) is 16.8 Å². The van der Waals surface area contributed by atoms with Gasteiger partial charge in [-0.05, 0) is 36.8 Å². The lowest BCUT2D eigenvalue weighted by atomic mass is 10.2. The maximum Gasteiger partial charge on any atom is 0.189 e. The molecule has 0 unspecified atom stereocenters. The number of aryl methyl sites for hydroxylation is 1. The Balaban J connectivity index is 1.95. The number of nitrogens with two attached hydrogens (primary N) is 1. The van der Waals surface area contributed by atoms with Gasteiger partial charge < -0.3 is 11.1 Å². The van der Waals surface area contributed by atoms with E-state index in [4.69, 9.17) is 5.73 Å². The maximum atomic E-state index is 5.64. The van der Waals surface area contributed by atoms with Crippen molar-refractivity contribution >= 4 is 38.3 Å². The van der Waals surface area contributed by atoms with Crippen molar-refractivity contribution in [1.82, 2.24) is 9.97 Å². The number of fused-ring (bicyclic) bond motifs is 1. The van der Waals surface area contributed by atoms with Crippen LogP contribution in [0.5, 0.6) is 0 Å². The number of pyridine rings is 1. The Morgan fingerprint density at radius 2 is 2.06 bits per heavy atom. The molecule has 0 fully saturated rings. The topological polar surface area (TPSA) is 63.8 Å². The molecule has 0 radical (unpaired) electrons. The lowest BCUT2D eigenvalue weighted by molar-refractivity contribution is 1.30. The van der Waals surface area contributed by atoms with Crippen LogP contribution in [0.3, 0.4) is 0 Å². The van der Waals surface area contributed by atoms with Crippen LogP contribution in [-0.2, 0) is 0 Å². The van der Waals surface area contributed by atoms with Crippen LogP contribution < -0.4 is 11.1 Å². The highest BCUT2D eigenvalue weighted by atomic mass is 32.1. The third-order valence-corrected chi connectivity index (χ3v) is 3.48. The average molecular weight is 256 g/mol. The van der Waals surface area contributed by atoms with Crippen molar-refractivity contribution in [2.24, 2.45) is 0 Å². The third kappa shape index (κ3) is 2.12. The predicted molar refractivity (Wildman–Crippen MR) is 76.3 cm³/mol. The minimum Gasteiger partial charge on any atom is -0.384 e. The summed E-state index contributed by atoms with van der Waals surface area (Å²) in [6.45, 7) is 2.08. The number of rotatable bonds is 2. The molecule has 4 nitrogen and oxygen atoms in total. The van der Waals surface area contributed by atoms with Gasteiger partial charge in [0.05, 0.1) is 10.2 Å². The maximum absolute atomic E-state index is 5.64. The second-order valence-corrected chi connectivity index (χ2v) is 5.09. The van der Waals surface area contributed by atoms with Gasteiger partial charge in [-0.25, -0.2) is 9.97 Å². The van der Waals surface area contributed by atoms with E-state index in [0.29, 0.717) is 11.6 Å². The molecule has 0 amide bonds. The third-order valence-electron chi connectivity index (χ3n) is 2.55. The molecule has 0 aliphatic carbocycles. The molecule has 0 saturated carbocycles. The van der Waals surface area contributed by atoms with Gasteiger partial charge >= 0.3 is 0 Å². The van der Waals surface area contributed by atoms with Crippen LogP contribution in [0.25, 0.3) is 10.2 Å². The Bertz CT molecular complexity index is 705. The fourth-order valence-electron chi connectivity index (χ4n) is 1.72. The standard InChI is InChI=1S/C13H12N4S/c1-8-5-6-9-10(7-8)18-13(15-9)17-12-4-2-3-11(14)16-12/h2-7H,1H3,(H3,14,15,16,17). The van der Waals surface area contributed by atoms with Gasteiger partial charge in [-0.1, -0.05) is 23.5 Å². The lowest BCUT2D eigenvalue weighted by Crippen LogP contribution is -1.95. The highest BCUT2D eigenvalue weighted by molar-refractivity contribution is 7.22. The van der Waals surface area contributed by atoms with Crippen LogP contribution in [0.1, 0.15) is 5.56 Å². The zero-order chi connectivity index (χ0) is 12.5. The van der Waals surface area contributed by atoms with E-state index < -0.39 is 0 Å². The number of nitrogen functional groups attached to an aromatic ring is 1. The number of thiazole rings is 1. The summed E-state index contributed by atoms with van der Waals surface area (Å²) in [7, 11) is 0. The van der Waals surface area contributed by atoms with Gasteiger partial charge in [0, 0.05) is 0 Å². The summed E-state index contributed by atoms with van der Waals surface area (Å²) in [6.07, 6.45) is 0. The molecule has 1 aromatic carbocycles. The van der Waals surface area contributed by atoms with E-state index in [0.717, 1.165) is 10.6 Å². The Morgan fingerprint density at radius 1 is 1.17 bits per heavy atom. The molecule has 90 valence electrons. The number of aromatic nitrogens is 2. The van der Waals surface area contributed by atoms with Crippen LogP contribution in [0.2, 0.25) is 0 Å². The van der Waals surface area contributed by atoms with Gasteiger partial charge in [-0.3, -0.25) is 0 Å². The summed E-state index contributed by atoms with van der Waals surface area (Å²) in [5.74, 6) is 1.21. The van der Waals surface area contributed by atoms with Crippen LogP contribution in [0, 0.1) is 6.92 Å². The number of nitrogens with one attached hydrogen (secondary N) is 1. The van der Waals surface area contributed by atoms with Gasteiger partial charge in [0.25, 0.3) is 0 Å². The number of benzene rings is 1. The molecule has 0 bridgehead atoms. The minimum absolute atomic E-state index is 0.497. The van der Waals surface area contributed by atoms with E-state index in [1.165, 1.54) is 10.3 Å². The van der Waals surface area contributed by atoms with Crippen molar-refractivity contribution in [1.29, 1.82) is 0 Å². The van der Waals surface area contributed by atoms with Crippen molar-refractivity contribution in [2.45, 2.75) is 6.92 Å². The van der Waals surface area contributed by atoms with Gasteiger partial charge in [0.2, 0.25) is 0 Å². The highest BCUT2D eigenvalue weighted by Gasteiger charge is 2.04. The predicted octanol–water partition coefficient (Wildman–Crippen LogP) is 3.33. The molecule has 5 heteroatoms. The Hall–Kier alpha value is -2.14. The van der Waals surface area contributed by atoms with E-state index in [1.807, 2.05) is 18.2 Å². The molecule has 0 aliphatic heterocycles. The van der Waals surface area contributed by atoms with Crippen molar-refractivity contribution in [3.8, 4) is 0 Å². The summed E-state index contributed by atoms with van der Waals surface area (Å²) in [5, 5.41) is 4.00. The van der Waals surface area contributed by atoms with Gasteiger partial charge in [-0.15, -0.1) is 0 Å². The second-order valence-electron chi connectivity index (χ2n) is 4.06. The first kappa shape index (κ1) is 11.0. The number of anilines is 3. The van der Waals surface area contributed by atoms with Gasteiger partial charge in [0.15, 0.2) is 5.13 Å². The summed E-state index contributed by atoms with van der Waals surface area (Å²) in [4.78, 5) is 8.69. The molecule has 0 atom stereocenters. The molecular formula is C13H12N4S. The summed E-state index contributed by atoms with van der Waals surface area (Å²) in [6, 6.07) is 11.7. The van der Waals surface area contributed by atoms with Crippen molar-refractivity contribution < 1.29 is 0 Å². The first-order valence-electron chi connectivity index (χ1n) is 5.57. The van der Waals surface area contributed by atoms with Crippen molar-refractivity contribution in [2.75, 3.05) is 11.1 Å². The van der Waals surface area contributed by atoms with E-state index in [2.05, 4.69) is 34.3 Å². The highest BCUT2D eigenvalue weighted by Crippen LogP contribution is 2.28. The quantitative estimate of drug-likeness (QED) is 0.738. The van der Waals surface area contributed by atoms with Crippen LogP contribution in [0.15, 0.2) is 36.4 Å². The summed E-state index contributed by atoms with van der Waals surface area (Å²) < 4.78 is 1.17. The largest absolute Gasteiger partial charge is 0.384 e. The van der Waals surface area contributed by atoms with Crippen LogP contribution >= 0.6 is 11.3 Å². The van der Waals surface area contributed by atoms with Crippen LogP contribution in [-0.4, -0.2) is 9.97 Å². The molecule has 0 aliphatic rings. The molecule has 0 spiro atoms. The molecule has 3 N–H and O–H groups in total. The molecular weight excluding hydrogens is 244 g/mol. The SMILES string of the molecule is Cc1ccc2nc(Nc3cccc(N)n3)sc2c1. The molecule has 3 rings (SSSR count). The fourth-order valence-corrected chi connectivity index (χ4v) is 2.69. The first-order chi connectivity index (χ1) is 8.70. The molecule has 18 heavy (non-hydrogen) atoms. The minimum atomic E-state index is 0.497. The smallest absolute Gasteiger partial charge is 0.189 e. The zero-order valence-corrected chi connectivity index (χ0v) is 10.7. The molecule has 2 aromatic heterocycles. The molecule has 0 saturated heterocycles. The van der Waals surface area contributed by atoms with Crippen molar-refractivity contribution in [3.05, 3.63) is 42.0 Å². The second kappa shape index (κ2) is 4.27. The Kier molecular flexibility index (Phi) is 2.60. The first-order valence-corrected chi connectivity index (χ1v) is 6.39. The van der Waals surface area contributed by atoms with E-state index in [1.54, 1.807) is 17.4 Å². The number of hydrogen-bond acceptors (Lipinski definition) is 5. The monoisotopic (exact) mass is 256 g/mol. The molecule has 3 aromatic rings. The Morgan fingerprint density at radius 3 is 2.89 bits per heavy atom. The van der Waals surface area contributed by atoms with E-state index in [9.17, 15) is 0 Å². The van der Waals surface area contributed by atoms with E-state index in [-0.39, 0.29) is 0 Å². The average Bonchev–Trinajstić information content (AvgIpc) is 2.70. The lowest BCUT2D eigenvalue weighted by Gasteiger charge is -2.01. The summed E-state index contributed by atoms with van der Waals surface area (Å²) >= 11 is 1.61. The zero-order valence-electron chi connectivity index (χ0n) is 9.84. The normalized spacial score (nSPS) is 10.7. The summed E-state index contributed by atoms with van der Waals surface area (Å²) in [5.41, 5.74) is 7.87. The Labute approximate surface area is 109 Å².